The van der Waals surface area contributed by atoms with Crippen molar-refractivity contribution in [2.24, 2.45) is 0 Å². The molecule has 0 radical (unpaired) electrons. The molecule has 2 heterocycles. The maximum absolute atomic E-state index is 11.3. The zero-order chi connectivity index (χ0) is 11.7. The third kappa shape index (κ3) is 1.85. The van der Waals surface area contributed by atoms with E-state index in [9.17, 15) is 4.79 Å². The number of fused-ring (bicyclic) bond motifs is 1. The zero-order valence-corrected chi connectivity index (χ0v) is 10.1. The molecule has 0 aromatic carbocycles. The first-order chi connectivity index (χ1) is 8.40. The van der Waals surface area contributed by atoms with E-state index in [1.807, 2.05) is 0 Å². The predicted octanol–water partition coefficient (Wildman–Crippen LogP) is 2.56. The molecule has 0 bridgehead atoms. The number of nitrogens with one attached hydrogen (secondary N) is 1. The number of imidazole rings is 1. The van der Waals surface area contributed by atoms with Crippen LogP contribution in [0.3, 0.4) is 0 Å². The van der Waals surface area contributed by atoms with Crippen LogP contribution in [0.5, 0.6) is 0 Å². The van der Waals surface area contributed by atoms with Crippen molar-refractivity contribution in [1.29, 1.82) is 0 Å². The van der Waals surface area contributed by atoms with Crippen molar-refractivity contribution in [1.82, 2.24) is 9.55 Å². The van der Waals surface area contributed by atoms with Gasteiger partial charge in [-0.25, -0.2) is 4.98 Å². The number of aldehydes is 1. The van der Waals surface area contributed by atoms with E-state index >= 15 is 0 Å². The lowest BCUT2D eigenvalue weighted by Gasteiger charge is -2.20. The molecule has 0 spiro atoms. The summed E-state index contributed by atoms with van der Waals surface area (Å²) in [4.78, 5) is 16.0. The molecule has 1 aliphatic heterocycles. The first-order valence-electron chi connectivity index (χ1n) is 6.69. The molecule has 1 saturated carbocycles. The van der Waals surface area contributed by atoms with Crippen LogP contribution in [0, 0.1) is 0 Å². The normalized spacial score (nSPS) is 20.7. The molecule has 0 atom stereocenters. The van der Waals surface area contributed by atoms with Crippen LogP contribution in [0.2, 0.25) is 0 Å². The second-order valence-corrected chi connectivity index (χ2v) is 5.09. The van der Waals surface area contributed by atoms with Crippen LogP contribution < -0.4 is 5.32 Å². The van der Waals surface area contributed by atoms with Gasteiger partial charge >= 0.3 is 0 Å². The lowest BCUT2D eigenvalue weighted by atomic mass is 9.86. The van der Waals surface area contributed by atoms with Crippen molar-refractivity contribution < 1.29 is 4.79 Å². The topological polar surface area (TPSA) is 46.9 Å². The quantitative estimate of drug-likeness (QED) is 0.798. The lowest BCUT2D eigenvalue weighted by molar-refractivity contribution is 0.111. The molecule has 2 aliphatic rings. The monoisotopic (exact) mass is 233 g/mol. The van der Waals surface area contributed by atoms with Gasteiger partial charge in [0.1, 0.15) is 5.69 Å². The molecule has 4 heteroatoms. The summed E-state index contributed by atoms with van der Waals surface area (Å²) in [5.41, 5.74) is 1.86. The summed E-state index contributed by atoms with van der Waals surface area (Å²) in [5, 5.41) is 3.29. The number of hydrogen-bond acceptors (Lipinski definition) is 3. The van der Waals surface area contributed by atoms with E-state index in [-0.39, 0.29) is 0 Å². The summed E-state index contributed by atoms with van der Waals surface area (Å²) in [5.74, 6) is 1.41. The number of aromatic nitrogens is 2. The Balaban J connectivity index is 1.97. The van der Waals surface area contributed by atoms with Gasteiger partial charge in [-0.15, -0.1) is 0 Å². The molecule has 0 amide bonds. The number of anilines is 1. The van der Waals surface area contributed by atoms with Gasteiger partial charge in [0.25, 0.3) is 0 Å². The maximum Gasteiger partial charge on any atom is 0.203 e. The molecule has 1 aromatic heterocycles. The van der Waals surface area contributed by atoms with Crippen LogP contribution in [0.4, 0.5) is 5.95 Å². The second-order valence-electron chi connectivity index (χ2n) is 5.09. The summed E-state index contributed by atoms with van der Waals surface area (Å²) < 4.78 is 2.06. The third-order valence-corrected chi connectivity index (χ3v) is 3.98. The Morgan fingerprint density at radius 2 is 2.06 bits per heavy atom. The van der Waals surface area contributed by atoms with E-state index in [1.54, 1.807) is 0 Å². The van der Waals surface area contributed by atoms with Gasteiger partial charge in [-0.3, -0.25) is 4.79 Å². The smallest absolute Gasteiger partial charge is 0.203 e. The van der Waals surface area contributed by atoms with Crippen molar-refractivity contribution in [2.45, 2.75) is 51.0 Å². The van der Waals surface area contributed by atoms with E-state index < -0.39 is 0 Å². The molecule has 0 saturated heterocycles. The van der Waals surface area contributed by atoms with Crippen molar-refractivity contribution in [3.8, 4) is 0 Å². The molecule has 1 aromatic rings. The van der Waals surface area contributed by atoms with E-state index in [1.165, 1.54) is 32.1 Å². The van der Waals surface area contributed by atoms with Crippen LogP contribution in [0.25, 0.3) is 0 Å². The highest BCUT2D eigenvalue weighted by molar-refractivity contribution is 5.76. The number of hydrogen-bond donors (Lipinski definition) is 1. The van der Waals surface area contributed by atoms with Crippen molar-refractivity contribution in [3.63, 3.8) is 0 Å². The van der Waals surface area contributed by atoms with Gasteiger partial charge < -0.3 is 9.88 Å². The van der Waals surface area contributed by atoms with Crippen LogP contribution in [0.15, 0.2) is 0 Å². The van der Waals surface area contributed by atoms with E-state index in [0.29, 0.717) is 5.92 Å². The molecule has 1 aliphatic carbocycles. The Kier molecular flexibility index (Phi) is 2.87. The molecule has 0 unspecified atom stereocenters. The zero-order valence-electron chi connectivity index (χ0n) is 10.1. The Morgan fingerprint density at radius 1 is 1.24 bits per heavy atom. The number of rotatable bonds is 2. The van der Waals surface area contributed by atoms with Gasteiger partial charge in [0.05, 0.1) is 5.69 Å². The summed E-state index contributed by atoms with van der Waals surface area (Å²) in [6, 6.07) is 0. The minimum absolute atomic E-state index is 0.504. The van der Waals surface area contributed by atoms with Gasteiger partial charge in [-0.2, -0.15) is 0 Å². The van der Waals surface area contributed by atoms with E-state index in [2.05, 4.69) is 14.9 Å². The Morgan fingerprint density at radius 3 is 2.82 bits per heavy atom. The number of carbonyl (C=O) groups excluding carboxylic acids is 1. The highest BCUT2D eigenvalue weighted by atomic mass is 16.1. The number of carbonyl (C=O) groups is 1. The summed E-state index contributed by atoms with van der Waals surface area (Å²) in [6.07, 6.45) is 8.34. The summed E-state index contributed by atoms with van der Waals surface area (Å²) >= 11 is 0. The van der Waals surface area contributed by atoms with Gasteiger partial charge in [-0.1, -0.05) is 19.3 Å². The Labute approximate surface area is 101 Å². The highest BCUT2D eigenvalue weighted by Crippen LogP contribution is 2.35. The van der Waals surface area contributed by atoms with Crippen molar-refractivity contribution >= 4 is 12.2 Å². The SMILES string of the molecule is O=Cc1c(C2CCCCC2)nc2n1CCCN2. The molecule has 1 fully saturated rings. The standard InChI is InChI=1S/C13H19N3O/c17-9-11-12(10-5-2-1-3-6-10)15-13-14-7-4-8-16(11)13/h9-10H,1-8H2,(H,14,15). The Hall–Kier alpha value is -1.32. The van der Waals surface area contributed by atoms with E-state index in [4.69, 9.17) is 0 Å². The van der Waals surface area contributed by atoms with Crippen molar-refractivity contribution in [3.05, 3.63) is 11.4 Å². The maximum atomic E-state index is 11.3. The highest BCUT2D eigenvalue weighted by Gasteiger charge is 2.26. The van der Waals surface area contributed by atoms with Gasteiger partial charge in [-0.05, 0) is 19.3 Å². The third-order valence-electron chi connectivity index (χ3n) is 3.98. The average molecular weight is 233 g/mol. The van der Waals surface area contributed by atoms with Gasteiger partial charge in [0.2, 0.25) is 5.95 Å². The van der Waals surface area contributed by atoms with E-state index in [0.717, 1.165) is 43.1 Å². The van der Waals surface area contributed by atoms with Gasteiger partial charge in [0.15, 0.2) is 6.29 Å². The van der Waals surface area contributed by atoms with Crippen molar-refractivity contribution in [2.75, 3.05) is 11.9 Å². The van der Waals surface area contributed by atoms with Crippen LogP contribution >= 0.6 is 0 Å². The molecule has 17 heavy (non-hydrogen) atoms. The van der Waals surface area contributed by atoms with Crippen LogP contribution in [-0.4, -0.2) is 22.4 Å². The van der Waals surface area contributed by atoms with Crippen LogP contribution in [-0.2, 0) is 6.54 Å². The summed E-state index contributed by atoms with van der Waals surface area (Å²) in [7, 11) is 0. The molecule has 3 rings (SSSR count). The largest absolute Gasteiger partial charge is 0.356 e. The first kappa shape index (κ1) is 10.8. The predicted molar refractivity (Wildman–Crippen MR) is 66.5 cm³/mol. The minimum atomic E-state index is 0.504. The lowest BCUT2D eigenvalue weighted by Crippen LogP contribution is -2.18. The average Bonchev–Trinajstić information content (AvgIpc) is 2.78. The second kappa shape index (κ2) is 4.51. The Bertz CT molecular complexity index is 419. The molecule has 1 N–H and O–H groups in total. The minimum Gasteiger partial charge on any atom is -0.356 e. The fourth-order valence-corrected chi connectivity index (χ4v) is 3.08. The molecular formula is C13H19N3O. The fraction of sp³-hybridized carbons (Fsp3) is 0.692. The number of nitrogens with zero attached hydrogens (tertiary/aromatic N) is 2. The molecule has 4 nitrogen and oxygen atoms in total. The summed E-state index contributed by atoms with van der Waals surface area (Å²) in [6.45, 7) is 1.90. The van der Waals surface area contributed by atoms with Crippen LogP contribution in [0.1, 0.15) is 60.6 Å². The fourth-order valence-electron chi connectivity index (χ4n) is 3.08. The molecular weight excluding hydrogens is 214 g/mol. The molecule has 92 valence electrons. The first-order valence-corrected chi connectivity index (χ1v) is 6.69. The van der Waals surface area contributed by atoms with Gasteiger partial charge in [0, 0.05) is 19.0 Å².